The molecule has 0 saturated heterocycles. The van der Waals surface area contributed by atoms with Crippen LogP contribution in [0, 0.1) is 0 Å². The maximum Gasteiger partial charge on any atom is 0.0834 e. The van der Waals surface area contributed by atoms with Crippen molar-refractivity contribution in [3.63, 3.8) is 0 Å². The summed E-state index contributed by atoms with van der Waals surface area (Å²) in [6.07, 6.45) is 3.80. The quantitative estimate of drug-likeness (QED) is 0.846. The van der Waals surface area contributed by atoms with Crippen molar-refractivity contribution in [3.05, 3.63) is 16.9 Å². The summed E-state index contributed by atoms with van der Waals surface area (Å²) < 4.78 is 1.94. The Bertz CT molecular complexity index is 288. The molecule has 1 aromatic heterocycles. The van der Waals surface area contributed by atoms with Gasteiger partial charge in [0, 0.05) is 12.3 Å². The molecule has 0 radical (unpaired) electrons. The number of hydrogen-bond acceptors (Lipinski definition) is 3. The maximum atomic E-state index is 6.10. The highest BCUT2D eigenvalue weighted by atomic mass is 35.5. The van der Waals surface area contributed by atoms with Crippen molar-refractivity contribution in [2.75, 3.05) is 19.1 Å². The van der Waals surface area contributed by atoms with Gasteiger partial charge in [0.25, 0.3) is 0 Å². The van der Waals surface area contributed by atoms with Crippen LogP contribution in [0.25, 0.3) is 0 Å². The van der Waals surface area contributed by atoms with E-state index in [1.54, 1.807) is 18.0 Å². The summed E-state index contributed by atoms with van der Waals surface area (Å²) in [5, 5.41) is 8.23. The molecule has 3 nitrogen and oxygen atoms in total. The van der Waals surface area contributed by atoms with E-state index < -0.39 is 0 Å². The Balaban J connectivity index is 2.94. The number of aryl methyl sites for hydroxylation is 1. The Morgan fingerprint density at radius 1 is 1.71 bits per heavy atom. The lowest BCUT2D eigenvalue weighted by atomic mass is 10.2. The van der Waals surface area contributed by atoms with Crippen molar-refractivity contribution in [1.82, 2.24) is 15.1 Å². The summed E-state index contributed by atoms with van der Waals surface area (Å²) in [6.45, 7) is 2.92. The van der Waals surface area contributed by atoms with Gasteiger partial charge in [0.2, 0.25) is 0 Å². The van der Waals surface area contributed by atoms with E-state index in [9.17, 15) is 0 Å². The lowest BCUT2D eigenvalue weighted by Gasteiger charge is -2.16. The van der Waals surface area contributed by atoms with E-state index in [1.807, 2.05) is 11.7 Å². The number of thioether (sulfide) groups is 1. The predicted octanol–water partition coefficient (Wildman–Crippen LogP) is 2.18. The number of halogens is 1. The van der Waals surface area contributed by atoms with Gasteiger partial charge in [-0.3, -0.25) is 4.68 Å². The highest BCUT2D eigenvalue weighted by molar-refractivity contribution is 7.98. The smallest absolute Gasteiger partial charge is 0.0834 e. The molecule has 80 valence electrons. The fraction of sp³-hybridized carbons (Fsp3) is 0.667. The van der Waals surface area contributed by atoms with E-state index in [0.717, 1.165) is 23.0 Å². The molecule has 0 aliphatic heterocycles. The van der Waals surface area contributed by atoms with Crippen LogP contribution in [0.1, 0.15) is 18.7 Å². The zero-order chi connectivity index (χ0) is 10.6. The molecule has 0 aromatic carbocycles. The second kappa shape index (κ2) is 5.63. The molecule has 0 aliphatic rings. The normalized spacial score (nSPS) is 13.1. The third-order valence-corrected chi connectivity index (χ3v) is 3.10. The van der Waals surface area contributed by atoms with E-state index in [4.69, 9.17) is 11.6 Å². The predicted molar refractivity (Wildman–Crippen MR) is 63.1 cm³/mol. The first-order chi connectivity index (χ1) is 6.74. The van der Waals surface area contributed by atoms with Gasteiger partial charge in [-0.15, -0.1) is 0 Å². The van der Waals surface area contributed by atoms with E-state index >= 15 is 0 Å². The molecule has 1 unspecified atom stereocenters. The summed E-state index contributed by atoms with van der Waals surface area (Å²) in [5.41, 5.74) is 1.09. The van der Waals surface area contributed by atoms with Crippen LogP contribution in [0.2, 0.25) is 5.02 Å². The van der Waals surface area contributed by atoms with Crippen molar-refractivity contribution >= 4 is 23.4 Å². The van der Waals surface area contributed by atoms with E-state index in [-0.39, 0.29) is 6.04 Å². The van der Waals surface area contributed by atoms with Crippen molar-refractivity contribution < 1.29 is 0 Å². The molecule has 1 rings (SSSR count). The maximum absolute atomic E-state index is 6.10. The van der Waals surface area contributed by atoms with Crippen LogP contribution in [0.15, 0.2) is 6.20 Å². The molecule has 0 bridgehead atoms. The molecule has 0 saturated carbocycles. The van der Waals surface area contributed by atoms with Gasteiger partial charge in [0.1, 0.15) is 0 Å². The molecular weight excluding hydrogens is 218 g/mol. The summed E-state index contributed by atoms with van der Waals surface area (Å²) in [7, 11) is 1.95. The largest absolute Gasteiger partial charge is 0.311 e. The van der Waals surface area contributed by atoms with Crippen LogP contribution in [-0.2, 0) is 6.54 Å². The zero-order valence-electron chi connectivity index (χ0n) is 8.75. The Morgan fingerprint density at radius 3 is 2.93 bits per heavy atom. The molecule has 1 N–H and O–H groups in total. The topological polar surface area (TPSA) is 29.9 Å². The SMILES string of the molecule is CCn1ncc(Cl)c1C(CSC)NC. The minimum absolute atomic E-state index is 0.278. The first kappa shape index (κ1) is 11.9. The third-order valence-electron chi connectivity index (χ3n) is 2.14. The highest BCUT2D eigenvalue weighted by Gasteiger charge is 2.17. The lowest BCUT2D eigenvalue weighted by Crippen LogP contribution is -2.22. The fourth-order valence-corrected chi connectivity index (χ4v) is 2.37. The molecule has 5 heteroatoms. The summed E-state index contributed by atoms with van der Waals surface area (Å²) in [4.78, 5) is 0. The standard InChI is InChI=1S/C9H16ClN3S/c1-4-13-9(7(10)5-12-13)8(11-2)6-14-3/h5,8,11H,4,6H2,1-3H3. The molecule has 0 fully saturated rings. The third kappa shape index (κ3) is 2.43. The van der Waals surface area contributed by atoms with Gasteiger partial charge < -0.3 is 5.32 Å². The average molecular weight is 234 g/mol. The van der Waals surface area contributed by atoms with Crippen LogP contribution in [0.4, 0.5) is 0 Å². The molecule has 14 heavy (non-hydrogen) atoms. The van der Waals surface area contributed by atoms with E-state index in [1.165, 1.54) is 0 Å². The number of nitrogens with one attached hydrogen (secondary N) is 1. The number of rotatable bonds is 5. The van der Waals surface area contributed by atoms with Crippen LogP contribution in [-0.4, -0.2) is 28.8 Å². The molecule has 0 aliphatic carbocycles. The van der Waals surface area contributed by atoms with Crippen molar-refractivity contribution in [2.24, 2.45) is 0 Å². The van der Waals surface area contributed by atoms with Gasteiger partial charge in [-0.2, -0.15) is 16.9 Å². The number of aromatic nitrogens is 2. The second-order valence-corrected chi connectivity index (χ2v) is 4.31. The summed E-state index contributed by atoms with van der Waals surface area (Å²) in [5.74, 6) is 1.00. The van der Waals surface area contributed by atoms with Gasteiger partial charge >= 0.3 is 0 Å². The van der Waals surface area contributed by atoms with E-state index in [0.29, 0.717) is 0 Å². The van der Waals surface area contributed by atoms with Crippen LogP contribution < -0.4 is 5.32 Å². The van der Waals surface area contributed by atoms with E-state index in [2.05, 4.69) is 23.6 Å². The summed E-state index contributed by atoms with van der Waals surface area (Å²) in [6, 6.07) is 0.278. The second-order valence-electron chi connectivity index (χ2n) is 2.99. The Labute approximate surface area is 94.2 Å². The Kier molecular flexibility index (Phi) is 4.78. The minimum Gasteiger partial charge on any atom is -0.311 e. The first-order valence-corrected chi connectivity index (χ1v) is 6.39. The van der Waals surface area contributed by atoms with Gasteiger partial charge in [0.05, 0.1) is 23.0 Å². The van der Waals surface area contributed by atoms with Crippen LogP contribution in [0.5, 0.6) is 0 Å². The molecule has 0 spiro atoms. The van der Waals surface area contributed by atoms with Crippen molar-refractivity contribution in [2.45, 2.75) is 19.5 Å². The molecular formula is C9H16ClN3S. The fourth-order valence-electron chi connectivity index (χ4n) is 1.44. The Hall–Kier alpha value is -0.190. The molecule has 0 amide bonds. The first-order valence-electron chi connectivity index (χ1n) is 4.62. The molecule has 1 aromatic rings. The van der Waals surface area contributed by atoms with Gasteiger partial charge in [-0.1, -0.05) is 11.6 Å². The van der Waals surface area contributed by atoms with Crippen LogP contribution >= 0.6 is 23.4 Å². The monoisotopic (exact) mass is 233 g/mol. The van der Waals surface area contributed by atoms with Gasteiger partial charge in [-0.05, 0) is 20.2 Å². The highest BCUT2D eigenvalue weighted by Crippen LogP contribution is 2.24. The summed E-state index contributed by atoms with van der Waals surface area (Å²) >= 11 is 7.90. The van der Waals surface area contributed by atoms with Crippen molar-refractivity contribution in [1.29, 1.82) is 0 Å². The lowest BCUT2D eigenvalue weighted by molar-refractivity contribution is 0.549. The number of hydrogen-bond donors (Lipinski definition) is 1. The molecule has 1 heterocycles. The minimum atomic E-state index is 0.278. The van der Waals surface area contributed by atoms with Crippen LogP contribution in [0.3, 0.4) is 0 Å². The molecule has 1 atom stereocenters. The van der Waals surface area contributed by atoms with Gasteiger partial charge in [-0.25, -0.2) is 0 Å². The zero-order valence-corrected chi connectivity index (χ0v) is 10.3. The van der Waals surface area contributed by atoms with Crippen molar-refractivity contribution in [3.8, 4) is 0 Å². The van der Waals surface area contributed by atoms with Gasteiger partial charge in [0.15, 0.2) is 0 Å². The Morgan fingerprint density at radius 2 is 2.43 bits per heavy atom. The number of nitrogens with zero attached hydrogens (tertiary/aromatic N) is 2. The average Bonchev–Trinajstić information content (AvgIpc) is 2.56.